The van der Waals surface area contributed by atoms with Gasteiger partial charge in [0, 0.05) is 51.9 Å². The van der Waals surface area contributed by atoms with Gasteiger partial charge in [0.25, 0.3) is 0 Å². The number of hydrogen-bond donors (Lipinski definition) is 1. The number of piperazine rings is 1. The lowest BCUT2D eigenvalue weighted by atomic mass is 10.2. The molecule has 1 fully saturated rings. The number of ether oxygens (including phenoxy) is 1. The lowest BCUT2D eigenvalue weighted by Gasteiger charge is -2.27. The van der Waals surface area contributed by atoms with Crippen LogP contribution in [-0.2, 0) is 4.74 Å². The highest BCUT2D eigenvalue weighted by Gasteiger charge is 2.21. The average molecular weight is 409 g/mol. The second-order valence-corrected chi connectivity index (χ2v) is 9.45. The fourth-order valence-electron chi connectivity index (χ4n) is 3.80. The fourth-order valence-corrected chi connectivity index (χ4v) is 6.14. The molecule has 3 nitrogen and oxygen atoms in total. The van der Waals surface area contributed by atoms with Crippen molar-refractivity contribution in [3.05, 3.63) is 70.4 Å². The molecule has 0 bridgehead atoms. The van der Waals surface area contributed by atoms with Crippen molar-refractivity contribution in [1.82, 2.24) is 10.2 Å². The van der Waals surface area contributed by atoms with Crippen molar-refractivity contribution in [1.29, 1.82) is 0 Å². The van der Waals surface area contributed by atoms with Gasteiger partial charge in [-0.15, -0.1) is 22.7 Å². The molecule has 0 saturated carbocycles. The van der Waals surface area contributed by atoms with Gasteiger partial charge >= 0.3 is 0 Å². The molecule has 4 aromatic rings. The van der Waals surface area contributed by atoms with Gasteiger partial charge in [0.05, 0.1) is 6.61 Å². The molecule has 0 amide bonds. The van der Waals surface area contributed by atoms with Crippen LogP contribution in [0.1, 0.15) is 15.9 Å². The highest BCUT2D eigenvalue weighted by molar-refractivity contribution is 7.20. The van der Waals surface area contributed by atoms with Crippen LogP contribution in [0.3, 0.4) is 0 Å². The molecule has 3 heterocycles. The molecule has 144 valence electrons. The molecule has 1 N–H and O–H groups in total. The van der Waals surface area contributed by atoms with Gasteiger partial charge in [0.2, 0.25) is 0 Å². The van der Waals surface area contributed by atoms with Gasteiger partial charge in [-0.1, -0.05) is 36.4 Å². The highest BCUT2D eigenvalue weighted by Crippen LogP contribution is 2.39. The smallest absolute Gasteiger partial charge is 0.126 e. The lowest BCUT2D eigenvalue weighted by Crippen LogP contribution is -2.44. The summed E-state index contributed by atoms with van der Waals surface area (Å²) in [5.41, 5.74) is 0. The van der Waals surface area contributed by atoms with E-state index >= 15 is 0 Å². The fraction of sp³-hybridized carbons (Fsp3) is 0.304. The zero-order valence-corrected chi connectivity index (χ0v) is 17.4. The quantitative estimate of drug-likeness (QED) is 0.479. The summed E-state index contributed by atoms with van der Waals surface area (Å²) in [4.78, 5) is 5.09. The number of benzene rings is 2. The van der Waals surface area contributed by atoms with Gasteiger partial charge in [-0.05, 0) is 35.0 Å². The maximum Gasteiger partial charge on any atom is 0.126 e. The topological polar surface area (TPSA) is 24.5 Å². The zero-order chi connectivity index (χ0) is 18.8. The third kappa shape index (κ3) is 3.86. The summed E-state index contributed by atoms with van der Waals surface area (Å²) in [5.74, 6) is 0. The van der Waals surface area contributed by atoms with Gasteiger partial charge in [0.1, 0.15) is 6.10 Å². The number of hydrogen-bond acceptors (Lipinski definition) is 5. The summed E-state index contributed by atoms with van der Waals surface area (Å²) in [6.45, 7) is 6.13. The largest absolute Gasteiger partial charge is 0.366 e. The summed E-state index contributed by atoms with van der Waals surface area (Å²) in [6.07, 6.45) is 0.0118. The summed E-state index contributed by atoms with van der Waals surface area (Å²) in [6, 6.07) is 21.8. The predicted molar refractivity (Wildman–Crippen MR) is 121 cm³/mol. The van der Waals surface area contributed by atoms with E-state index in [1.165, 1.54) is 29.9 Å². The van der Waals surface area contributed by atoms with E-state index in [0.717, 1.165) is 39.3 Å². The molecule has 28 heavy (non-hydrogen) atoms. The number of thiophene rings is 2. The van der Waals surface area contributed by atoms with Crippen LogP contribution in [0.15, 0.2) is 60.7 Å². The Morgan fingerprint density at radius 1 is 0.857 bits per heavy atom. The third-order valence-corrected chi connectivity index (χ3v) is 7.63. The van der Waals surface area contributed by atoms with Crippen molar-refractivity contribution in [3.63, 3.8) is 0 Å². The van der Waals surface area contributed by atoms with Gasteiger partial charge in [0.15, 0.2) is 0 Å². The van der Waals surface area contributed by atoms with Crippen LogP contribution in [0.5, 0.6) is 0 Å². The standard InChI is InChI=1S/C23H24N2OS2/c1-3-7-19-17(5-1)15-21(27-19)23(26-14-13-25-11-9-24-10-12-25)22-16-18-6-2-4-8-20(18)28-22/h1-8,15-16,23-24H,9-14H2. The molecule has 1 aliphatic rings. The Kier molecular flexibility index (Phi) is 5.43. The van der Waals surface area contributed by atoms with Crippen molar-refractivity contribution in [2.24, 2.45) is 0 Å². The Morgan fingerprint density at radius 2 is 1.43 bits per heavy atom. The molecule has 2 aromatic heterocycles. The van der Waals surface area contributed by atoms with Crippen LogP contribution >= 0.6 is 22.7 Å². The van der Waals surface area contributed by atoms with E-state index in [9.17, 15) is 0 Å². The van der Waals surface area contributed by atoms with Crippen molar-refractivity contribution < 1.29 is 4.74 Å². The highest BCUT2D eigenvalue weighted by atomic mass is 32.1. The molecular formula is C23H24N2OS2. The van der Waals surface area contributed by atoms with Gasteiger partial charge < -0.3 is 10.1 Å². The first-order valence-electron chi connectivity index (χ1n) is 9.88. The number of rotatable bonds is 6. The van der Waals surface area contributed by atoms with Crippen molar-refractivity contribution in [3.8, 4) is 0 Å². The Morgan fingerprint density at radius 3 is 2.00 bits per heavy atom. The van der Waals surface area contributed by atoms with E-state index in [1.54, 1.807) is 0 Å². The molecule has 0 unspecified atom stereocenters. The summed E-state index contributed by atoms with van der Waals surface area (Å²) >= 11 is 3.71. The maximum absolute atomic E-state index is 6.53. The first-order valence-corrected chi connectivity index (χ1v) is 11.5. The first kappa shape index (κ1) is 18.3. The van der Waals surface area contributed by atoms with Crippen LogP contribution in [-0.4, -0.2) is 44.2 Å². The lowest BCUT2D eigenvalue weighted by molar-refractivity contribution is 0.0610. The van der Waals surface area contributed by atoms with Crippen LogP contribution in [0.4, 0.5) is 0 Å². The maximum atomic E-state index is 6.53. The van der Waals surface area contributed by atoms with Gasteiger partial charge in [-0.2, -0.15) is 0 Å². The summed E-state index contributed by atoms with van der Waals surface area (Å²) < 4.78 is 9.19. The Labute approximate surface area is 173 Å². The van der Waals surface area contributed by atoms with Crippen LogP contribution in [0.2, 0.25) is 0 Å². The summed E-state index contributed by atoms with van der Waals surface area (Å²) in [7, 11) is 0. The van der Waals surface area contributed by atoms with Crippen LogP contribution < -0.4 is 5.32 Å². The Hall–Kier alpha value is -1.76. The van der Waals surface area contributed by atoms with Crippen LogP contribution in [0.25, 0.3) is 20.2 Å². The molecule has 0 aliphatic carbocycles. The minimum absolute atomic E-state index is 0.0118. The van der Waals surface area contributed by atoms with E-state index in [-0.39, 0.29) is 6.10 Å². The van der Waals surface area contributed by atoms with E-state index in [0.29, 0.717) is 0 Å². The molecule has 0 spiro atoms. The van der Waals surface area contributed by atoms with E-state index in [1.807, 2.05) is 22.7 Å². The molecule has 1 aliphatic heterocycles. The molecule has 5 rings (SSSR count). The van der Waals surface area contributed by atoms with Crippen molar-refractivity contribution in [2.75, 3.05) is 39.3 Å². The minimum Gasteiger partial charge on any atom is -0.366 e. The van der Waals surface area contributed by atoms with Gasteiger partial charge in [-0.3, -0.25) is 4.90 Å². The molecule has 2 aromatic carbocycles. The van der Waals surface area contributed by atoms with Crippen LogP contribution in [0, 0.1) is 0 Å². The molecular weight excluding hydrogens is 384 g/mol. The van der Waals surface area contributed by atoms with E-state index in [2.05, 4.69) is 70.9 Å². The van der Waals surface area contributed by atoms with Gasteiger partial charge in [-0.25, -0.2) is 0 Å². The van der Waals surface area contributed by atoms with Crippen molar-refractivity contribution >= 4 is 42.8 Å². The minimum atomic E-state index is 0.0118. The Balaban J connectivity index is 1.42. The number of nitrogens with one attached hydrogen (secondary N) is 1. The molecule has 0 atom stereocenters. The zero-order valence-electron chi connectivity index (χ0n) is 15.8. The monoisotopic (exact) mass is 408 g/mol. The number of fused-ring (bicyclic) bond motifs is 2. The molecule has 0 radical (unpaired) electrons. The normalized spacial score (nSPS) is 15.8. The predicted octanol–water partition coefficient (Wildman–Crippen LogP) is 5.13. The van der Waals surface area contributed by atoms with E-state index in [4.69, 9.17) is 4.74 Å². The van der Waals surface area contributed by atoms with E-state index < -0.39 is 0 Å². The van der Waals surface area contributed by atoms with Crippen molar-refractivity contribution in [2.45, 2.75) is 6.10 Å². The molecule has 1 saturated heterocycles. The average Bonchev–Trinajstić information content (AvgIpc) is 3.36. The first-order chi connectivity index (χ1) is 13.9. The Bertz CT molecular complexity index is 925. The summed E-state index contributed by atoms with van der Waals surface area (Å²) in [5, 5.41) is 6.03. The second kappa shape index (κ2) is 8.31. The number of nitrogens with zero attached hydrogens (tertiary/aromatic N) is 1. The molecule has 5 heteroatoms. The third-order valence-electron chi connectivity index (χ3n) is 5.31. The second-order valence-electron chi connectivity index (χ2n) is 7.22. The SMILES string of the molecule is c1ccc2sc(C(OCCN3CCNCC3)c3cc4ccccc4s3)cc2c1.